The van der Waals surface area contributed by atoms with Gasteiger partial charge in [0.25, 0.3) is 11.1 Å². The van der Waals surface area contributed by atoms with E-state index in [1.165, 1.54) is 0 Å². The van der Waals surface area contributed by atoms with E-state index in [4.69, 9.17) is 0 Å². The molecule has 2 aromatic heterocycles. The van der Waals surface area contributed by atoms with Crippen molar-refractivity contribution in [2.75, 3.05) is 85.9 Å². The number of nitrogens with one attached hydrogen (secondary N) is 4. The summed E-state index contributed by atoms with van der Waals surface area (Å²) < 4.78 is 76.7. The van der Waals surface area contributed by atoms with Gasteiger partial charge in [-0.2, -0.15) is 26.3 Å². The Morgan fingerprint density at radius 2 is 0.859 bits per heavy atom. The lowest BCUT2D eigenvalue weighted by atomic mass is 10.0. The second kappa shape index (κ2) is 17.9. The average Bonchev–Trinajstić information content (AvgIpc) is 3.29. The van der Waals surface area contributed by atoms with Crippen LogP contribution in [0.3, 0.4) is 0 Å². The van der Waals surface area contributed by atoms with Crippen LogP contribution in [0.5, 0.6) is 0 Å². The molecule has 10 nitrogen and oxygen atoms in total. The topological polar surface area (TPSA) is 103 Å². The molecule has 16 heteroatoms. The normalized spacial score (nSPS) is 17.3. The zero-order valence-corrected chi connectivity index (χ0v) is 35.3. The summed E-state index contributed by atoms with van der Waals surface area (Å²) in [7, 11) is 0. The van der Waals surface area contributed by atoms with Crippen LogP contribution in [0.15, 0.2) is 94.5 Å². The fourth-order valence-corrected chi connectivity index (χ4v) is 9.38. The highest BCUT2D eigenvalue weighted by Gasteiger charge is 2.31. The van der Waals surface area contributed by atoms with Crippen molar-refractivity contribution in [1.29, 1.82) is 0 Å². The van der Waals surface area contributed by atoms with Crippen molar-refractivity contribution in [1.82, 2.24) is 19.8 Å². The van der Waals surface area contributed by atoms with E-state index >= 15 is 0 Å². The summed E-state index contributed by atoms with van der Waals surface area (Å²) in [5.41, 5.74) is 7.95. The van der Waals surface area contributed by atoms with Crippen LogP contribution in [0.2, 0.25) is 0 Å². The highest BCUT2D eigenvalue weighted by atomic mass is 19.4. The van der Waals surface area contributed by atoms with Crippen molar-refractivity contribution in [3.8, 4) is 0 Å². The lowest BCUT2D eigenvalue weighted by Gasteiger charge is -2.36. The van der Waals surface area contributed by atoms with Crippen LogP contribution < -0.4 is 31.6 Å². The van der Waals surface area contributed by atoms with Gasteiger partial charge in [-0.05, 0) is 97.5 Å². The molecule has 336 valence electrons. The first-order valence-corrected chi connectivity index (χ1v) is 21.9. The maximum atomic E-state index is 12.8. The van der Waals surface area contributed by atoms with Gasteiger partial charge < -0.3 is 30.4 Å². The number of hydrogen-bond acceptors (Lipinski definition) is 8. The van der Waals surface area contributed by atoms with E-state index < -0.39 is 23.5 Å². The maximum Gasteiger partial charge on any atom is 0.416 e. The Labute approximate surface area is 365 Å². The summed E-state index contributed by atoms with van der Waals surface area (Å²) in [6.07, 6.45) is -5.07. The fourth-order valence-electron chi connectivity index (χ4n) is 9.38. The number of piperazine rings is 2. The number of fused-ring (bicyclic) bond motifs is 6. The molecule has 2 fully saturated rings. The first-order chi connectivity index (χ1) is 30.8. The zero-order valence-electron chi connectivity index (χ0n) is 35.3. The van der Waals surface area contributed by atoms with E-state index in [-0.39, 0.29) is 11.1 Å². The molecule has 6 heterocycles. The van der Waals surface area contributed by atoms with Gasteiger partial charge >= 0.3 is 12.4 Å². The van der Waals surface area contributed by atoms with Gasteiger partial charge in [0.1, 0.15) is 0 Å². The van der Waals surface area contributed by atoms with Crippen LogP contribution in [0.1, 0.15) is 46.2 Å². The van der Waals surface area contributed by atoms with Crippen LogP contribution in [-0.2, 0) is 38.3 Å². The van der Waals surface area contributed by atoms with Gasteiger partial charge in [-0.1, -0.05) is 24.3 Å². The Bertz CT molecular complexity index is 2550. The van der Waals surface area contributed by atoms with E-state index in [1.54, 1.807) is 24.3 Å². The van der Waals surface area contributed by atoms with Crippen molar-refractivity contribution in [3.05, 3.63) is 139 Å². The standard InChI is InChI=1S/2C24H25F3N4O/c2*25-24(26,27)17-4-6-18(7-5-17)31-12-10-30(11-13-31)15-16-3-8-19-21(14-16)29-23(32)20-2-1-9-28-22(19)20/h2*3-8,14,28H,1-2,9-13,15H2,(H,29,32). The molecule has 2 saturated heterocycles. The molecule has 4 aliphatic rings. The number of rotatable bonds is 6. The SMILES string of the molecule is O=c1[nH]c2cc(CN3CCN(c4ccc(C(F)(F)F)cc4)CC3)ccc2c2c1CCCN2.O=c1[nH]c2cc(CN3CCN(c4ccc(C(F)(F)F)cc4)CC3)ccc2c2c1CCCN2. The minimum absolute atomic E-state index is 0.0120. The zero-order chi connectivity index (χ0) is 44.6. The number of halogens is 6. The number of nitrogens with zero attached hydrogens (tertiary/aromatic N) is 4. The van der Waals surface area contributed by atoms with Crippen LogP contribution in [0, 0.1) is 0 Å². The minimum Gasteiger partial charge on any atom is -0.384 e. The van der Waals surface area contributed by atoms with Crippen LogP contribution >= 0.6 is 0 Å². The first-order valence-electron chi connectivity index (χ1n) is 21.9. The lowest BCUT2D eigenvalue weighted by molar-refractivity contribution is -0.138. The number of benzene rings is 4. The molecule has 0 bridgehead atoms. The van der Waals surface area contributed by atoms with Crippen LogP contribution in [0.4, 0.5) is 49.1 Å². The van der Waals surface area contributed by atoms with Crippen molar-refractivity contribution < 1.29 is 26.3 Å². The van der Waals surface area contributed by atoms with E-state index in [0.29, 0.717) is 0 Å². The molecule has 0 radical (unpaired) electrons. The van der Waals surface area contributed by atoms with Gasteiger partial charge in [0.15, 0.2) is 0 Å². The van der Waals surface area contributed by atoms with Crippen LogP contribution in [-0.4, -0.2) is 85.2 Å². The molecule has 0 amide bonds. The Morgan fingerprint density at radius 3 is 1.22 bits per heavy atom. The highest BCUT2D eigenvalue weighted by Crippen LogP contribution is 2.33. The minimum atomic E-state index is -4.31. The summed E-state index contributed by atoms with van der Waals surface area (Å²) in [6, 6.07) is 23.3. The maximum absolute atomic E-state index is 12.8. The molecule has 64 heavy (non-hydrogen) atoms. The summed E-state index contributed by atoms with van der Waals surface area (Å²) in [4.78, 5) is 39.9. The number of anilines is 4. The number of H-pyrrole nitrogens is 2. The summed E-state index contributed by atoms with van der Waals surface area (Å²) in [5.74, 6) is 0. The molecule has 10 rings (SSSR count). The predicted molar refractivity (Wildman–Crippen MR) is 241 cm³/mol. The molecule has 0 saturated carbocycles. The van der Waals surface area contributed by atoms with Gasteiger partial charge in [-0.3, -0.25) is 19.4 Å². The Morgan fingerprint density at radius 1 is 0.484 bits per heavy atom. The van der Waals surface area contributed by atoms with Gasteiger partial charge in [-0.25, -0.2) is 0 Å². The molecule has 4 N–H and O–H groups in total. The largest absolute Gasteiger partial charge is 0.416 e. The van der Waals surface area contributed by atoms with Crippen molar-refractivity contribution >= 4 is 44.6 Å². The molecule has 0 aliphatic carbocycles. The lowest BCUT2D eigenvalue weighted by Crippen LogP contribution is -2.46. The van der Waals surface area contributed by atoms with Crippen molar-refractivity contribution in [3.63, 3.8) is 0 Å². The second-order valence-corrected chi connectivity index (χ2v) is 17.1. The summed E-state index contributed by atoms with van der Waals surface area (Å²) >= 11 is 0. The molecule has 0 spiro atoms. The predicted octanol–water partition coefficient (Wildman–Crippen LogP) is 8.45. The Balaban J connectivity index is 0.000000162. The number of pyridine rings is 2. The van der Waals surface area contributed by atoms with Crippen molar-refractivity contribution in [2.24, 2.45) is 0 Å². The number of alkyl halides is 6. The van der Waals surface area contributed by atoms with Gasteiger partial charge in [0, 0.05) is 112 Å². The number of aromatic amines is 2. The van der Waals surface area contributed by atoms with Gasteiger partial charge in [0.2, 0.25) is 0 Å². The van der Waals surface area contributed by atoms with Crippen LogP contribution in [0.25, 0.3) is 21.8 Å². The van der Waals surface area contributed by atoms with Crippen molar-refractivity contribution in [2.45, 2.75) is 51.1 Å². The summed E-state index contributed by atoms with van der Waals surface area (Å²) in [6.45, 7) is 9.62. The average molecular weight is 885 g/mol. The quantitative estimate of drug-likeness (QED) is 0.124. The van der Waals surface area contributed by atoms with E-state index in [1.807, 2.05) is 0 Å². The number of hydrogen-bond donors (Lipinski definition) is 4. The molecule has 4 aliphatic heterocycles. The fraction of sp³-hybridized carbons (Fsp3) is 0.375. The number of aromatic nitrogens is 2. The molecular weight excluding hydrogens is 835 g/mol. The van der Waals surface area contributed by atoms with E-state index in [9.17, 15) is 35.9 Å². The molecular formula is C48H50F6N8O2. The molecule has 0 unspecified atom stereocenters. The monoisotopic (exact) mass is 884 g/mol. The Kier molecular flexibility index (Phi) is 12.1. The molecule has 4 aromatic carbocycles. The third-order valence-electron chi connectivity index (χ3n) is 12.8. The van der Waals surface area contributed by atoms with Gasteiger partial charge in [0.05, 0.1) is 33.5 Å². The second-order valence-electron chi connectivity index (χ2n) is 17.1. The molecule has 0 atom stereocenters. The third-order valence-corrected chi connectivity index (χ3v) is 12.8. The van der Waals surface area contributed by atoms with E-state index in [2.05, 4.69) is 76.6 Å². The van der Waals surface area contributed by atoms with Gasteiger partial charge in [-0.15, -0.1) is 0 Å². The Hall–Kier alpha value is -6.00. The molecule has 6 aromatic rings. The smallest absolute Gasteiger partial charge is 0.384 e. The first kappa shape index (κ1) is 43.3. The summed E-state index contributed by atoms with van der Waals surface area (Å²) in [5, 5.41) is 8.86. The highest BCUT2D eigenvalue weighted by molar-refractivity contribution is 5.94. The third kappa shape index (κ3) is 9.43. The van der Waals surface area contributed by atoms with E-state index in [0.717, 1.165) is 195 Å².